The fourth-order valence-corrected chi connectivity index (χ4v) is 1.61. The molecule has 2 nitrogen and oxygen atoms in total. The van der Waals surface area contributed by atoms with Crippen LogP contribution in [0.3, 0.4) is 0 Å². The first-order valence-electron chi connectivity index (χ1n) is 4.57. The van der Waals surface area contributed by atoms with E-state index >= 15 is 0 Å². The number of aryl methyl sites for hydroxylation is 1. The molecule has 0 aromatic carbocycles. The summed E-state index contributed by atoms with van der Waals surface area (Å²) in [4.78, 5) is 4.37. The Morgan fingerprint density at radius 1 is 1.50 bits per heavy atom. The molecular weight excluding hydrogens is 148 g/mol. The van der Waals surface area contributed by atoms with Crippen molar-refractivity contribution in [2.45, 2.75) is 26.3 Å². The van der Waals surface area contributed by atoms with E-state index in [4.69, 9.17) is 0 Å². The topological polar surface area (TPSA) is 24.9 Å². The van der Waals surface area contributed by atoms with Crippen LogP contribution in [0.5, 0.6) is 0 Å². The number of hydrogen-bond donors (Lipinski definition) is 1. The highest BCUT2D eigenvalue weighted by Gasteiger charge is 2.08. The van der Waals surface area contributed by atoms with Gasteiger partial charge in [0.25, 0.3) is 0 Å². The predicted molar refractivity (Wildman–Crippen MR) is 49.0 cm³/mol. The predicted octanol–water partition coefficient (Wildman–Crippen LogP) is 1.29. The van der Waals surface area contributed by atoms with Crippen molar-refractivity contribution in [1.82, 2.24) is 10.3 Å². The van der Waals surface area contributed by atoms with E-state index in [1.54, 1.807) is 0 Å². The number of nitrogens with one attached hydrogen (secondary N) is 1. The van der Waals surface area contributed by atoms with Crippen LogP contribution in [0.15, 0.2) is 12.3 Å². The molecule has 0 saturated heterocycles. The molecule has 1 aliphatic heterocycles. The summed E-state index contributed by atoms with van der Waals surface area (Å²) in [6, 6.07) is 2.25. The lowest BCUT2D eigenvalue weighted by atomic mass is 10.0. The molecule has 1 aromatic heterocycles. The van der Waals surface area contributed by atoms with E-state index < -0.39 is 0 Å². The molecule has 0 unspecified atom stereocenters. The molecule has 0 aliphatic carbocycles. The van der Waals surface area contributed by atoms with E-state index in [1.807, 2.05) is 6.20 Å². The van der Waals surface area contributed by atoms with Crippen molar-refractivity contribution in [3.63, 3.8) is 0 Å². The average molecular weight is 162 g/mol. The summed E-state index contributed by atoms with van der Waals surface area (Å²) in [5.41, 5.74) is 4.08. The van der Waals surface area contributed by atoms with Gasteiger partial charge in [-0.15, -0.1) is 0 Å². The summed E-state index contributed by atoms with van der Waals surface area (Å²) in [7, 11) is 0. The van der Waals surface area contributed by atoms with E-state index in [9.17, 15) is 0 Å². The summed E-state index contributed by atoms with van der Waals surface area (Å²) >= 11 is 0. The lowest BCUT2D eigenvalue weighted by molar-refractivity contribution is 0.639. The van der Waals surface area contributed by atoms with E-state index in [2.05, 4.69) is 23.3 Å². The summed E-state index contributed by atoms with van der Waals surface area (Å²) in [5.74, 6) is 0. The SMILES string of the molecule is CCc1cc2c(cn1)CNCC2. The second-order valence-corrected chi connectivity index (χ2v) is 3.22. The van der Waals surface area contributed by atoms with Gasteiger partial charge in [-0.2, -0.15) is 0 Å². The second kappa shape index (κ2) is 3.23. The Morgan fingerprint density at radius 2 is 2.42 bits per heavy atom. The van der Waals surface area contributed by atoms with Crippen molar-refractivity contribution in [2.75, 3.05) is 6.54 Å². The van der Waals surface area contributed by atoms with Crippen LogP contribution < -0.4 is 5.32 Å². The van der Waals surface area contributed by atoms with Crippen molar-refractivity contribution in [3.05, 3.63) is 29.1 Å². The van der Waals surface area contributed by atoms with Crippen molar-refractivity contribution >= 4 is 0 Å². The minimum Gasteiger partial charge on any atom is -0.312 e. The normalized spacial score (nSPS) is 15.8. The summed E-state index contributed by atoms with van der Waals surface area (Å²) in [6.07, 6.45) is 4.21. The van der Waals surface area contributed by atoms with Gasteiger partial charge in [0.05, 0.1) is 0 Å². The standard InChI is InChI=1S/C10H14N2/c1-2-10-5-8-3-4-11-6-9(8)7-12-10/h5,7,11H,2-4,6H2,1H3. The lowest BCUT2D eigenvalue weighted by Crippen LogP contribution is -2.23. The van der Waals surface area contributed by atoms with Crippen LogP contribution in [0.4, 0.5) is 0 Å². The summed E-state index contributed by atoms with van der Waals surface area (Å²) in [6.45, 7) is 4.25. The average Bonchev–Trinajstić information content (AvgIpc) is 2.17. The Bertz CT molecular complexity index is 281. The van der Waals surface area contributed by atoms with Gasteiger partial charge in [0, 0.05) is 18.4 Å². The van der Waals surface area contributed by atoms with Gasteiger partial charge in [-0.1, -0.05) is 6.92 Å². The first-order valence-corrected chi connectivity index (χ1v) is 4.57. The third-order valence-corrected chi connectivity index (χ3v) is 2.39. The molecule has 2 heteroatoms. The first kappa shape index (κ1) is 7.74. The van der Waals surface area contributed by atoms with Gasteiger partial charge < -0.3 is 5.32 Å². The van der Waals surface area contributed by atoms with Crippen LogP contribution in [-0.4, -0.2) is 11.5 Å². The highest BCUT2D eigenvalue weighted by molar-refractivity contribution is 5.28. The number of pyridine rings is 1. The molecule has 0 amide bonds. The van der Waals surface area contributed by atoms with Gasteiger partial charge in [0.1, 0.15) is 0 Å². The van der Waals surface area contributed by atoms with Crippen LogP contribution >= 0.6 is 0 Å². The maximum absolute atomic E-state index is 4.37. The molecule has 2 rings (SSSR count). The molecule has 2 heterocycles. The molecule has 0 bridgehead atoms. The van der Waals surface area contributed by atoms with Crippen LogP contribution in [0.2, 0.25) is 0 Å². The van der Waals surface area contributed by atoms with Crippen LogP contribution in [0.25, 0.3) is 0 Å². The van der Waals surface area contributed by atoms with Gasteiger partial charge in [-0.25, -0.2) is 0 Å². The monoisotopic (exact) mass is 162 g/mol. The smallest absolute Gasteiger partial charge is 0.0403 e. The molecule has 0 spiro atoms. The van der Waals surface area contributed by atoms with E-state index in [-0.39, 0.29) is 0 Å². The summed E-state index contributed by atoms with van der Waals surface area (Å²) < 4.78 is 0. The van der Waals surface area contributed by atoms with Crippen molar-refractivity contribution in [1.29, 1.82) is 0 Å². The van der Waals surface area contributed by atoms with E-state index in [0.717, 1.165) is 25.9 Å². The Kier molecular flexibility index (Phi) is 2.09. The zero-order chi connectivity index (χ0) is 8.39. The minimum absolute atomic E-state index is 0.992. The molecule has 0 atom stereocenters. The molecule has 12 heavy (non-hydrogen) atoms. The van der Waals surface area contributed by atoms with Gasteiger partial charge in [0.2, 0.25) is 0 Å². The van der Waals surface area contributed by atoms with Gasteiger partial charge >= 0.3 is 0 Å². The Hall–Kier alpha value is -0.890. The van der Waals surface area contributed by atoms with Gasteiger partial charge in [-0.05, 0) is 36.6 Å². The largest absolute Gasteiger partial charge is 0.312 e. The van der Waals surface area contributed by atoms with Crippen LogP contribution in [0, 0.1) is 0 Å². The zero-order valence-corrected chi connectivity index (χ0v) is 7.43. The Balaban J connectivity index is 2.36. The molecule has 64 valence electrons. The van der Waals surface area contributed by atoms with E-state index in [1.165, 1.54) is 16.8 Å². The number of fused-ring (bicyclic) bond motifs is 1. The zero-order valence-electron chi connectivity index (χ0n) is 7.43. The molecule has 0 saturated carbocycles. The Morgan fingerprint density at radius 3 is 3.25 bits per heavy atom. The third kappa shape index (κ3) is 1.34. The van der Waals surface area contributed by atoms with Crippen LogP contribution in [-0.2, 0) is 19.4 Å². The molecular formula is C10H14N2. The lowest BCUT2D eigenvalue weighted by Gasteiger charge is -2.16. The number of rotatable bonds is 1. The van der Waals surface area contributed by atoms with Crippen molar-refractivity contribution in [3.8, 4) is 0 Å². The molecule has 1 aliphatic rings. The second-order valence-electron chi connectivity index (χ2n) is 3.22. The highest BCUT2D eigenvalue weighted by Crippen LogP contribution is 2.13. The van der Waals surface area contributed by atoms with Gasteiger partial charge in [-0.3, -0.25) is 4.98 Å². The van der Waals surface area contributed by atoms with Crippen molar-refractivity contribution in [2.24, 2.45) is 0 Å². The Labute approximate surface area is 73.0 Å². The third-order valence-electron chi connectivity index (χ3n) is 2.39. The van der Waals surface area contributed by atoms with Crippen molar-refractivity contribution < 1.29 is 0 Å². The fraction of sp³-hybridized carbons (Fsp3) is 0.500. The maximum Gasteiger partial charge on any atom is 0.0403 e. The molecule has 0 radical (unpaired) electrons. The minimum atomic E-state index is 0.992. The highest BCUT2D eigenvalue weighted by atomic mass is 14.9. The van der Waals surface area contributed by atoms with Crippen LogP contribution in [0.1, 0.15) is 23.7 Å². The maximum atomic E-state index is 4.37. The molecule has 1 aromatic rings. The fourth-order valence-electron chi connectivity index (χ4n) is 1.61. The first-order chi connectivity index (χ1) is 5.90. The van der Waals surface area contributed by atoms with E-state index in [0.29, 0.717) is 0 Å². The molecule has 1 N–H and O–H groups in total. The summed E-state index contributed by atoms with van der Waals surface area (Å²) in [5, 5.41) is 3.34. The number of hydrogen-bond acceptors (Lipinski definition) is 2. The molecule has 0 fully saturated rings. The number of aromatic nitrogens is 1. The van der Waals surface area contributed by atoms with Gasteiger partial charge in [0.15, 0.2) is 0 Å². The number of nitrogens with zero attached hydrogens (tertiary/aromatic N) is 1. The quantitative estimate of drug-likeness (QED) is 0.673.